The highest BCUT2D eigenvalue weighted by atomic mass is 16.3. The van der Waals surface area contributed by atoms with Crippen LogP contribution in [0.15, 0.2) is 36.7 Å². The third-order valence-corrected chi connectivity index (χ3v) is 6.53. The number of fused-ring (bicyclic) bond motifs is 5. The molecule has 2 aliphatic heterocycles. The fourth-order valence-electron chi connectivity index (χ4n) is 5.28. The highest BCUT2D eigenvalue weighted by molar-refractivity contribution is 5.91. The third kappa shape index (κ3) is 2.65. The van der Waals surface area contributed by atoms with E-state index in [0.717, 1.165) is 41.5 Å². The molecule has 0 aliphatic carbocycles. The van der Waals surface area contributed by atoms with Crippen LogP contribution in [-0.2, 0) is 18.6 Å². The second kappa shape index (κ2) is 6.33. The zero-order chi connectivity index (χ0) is 19.5. The Morgan fingerprint density at radius 2 is 2.00 bits per heavy atom. The summed E-state index contributed by atoms with van der Waals surface area (Å²) in [6.07, 6.45) is 6.77. The van der Waals surface area contributed by atoms with Crippen molar-refractivity contribution in [2.45, 2.75) is 51.3 Å². The maximum absolute atomic E-state index is 11.3. The molecule has 0 radical (unpaired) electrons. The van der Waals surface area contributed by atoms with Crippen LogP contribution in [0.25, 0.3) is 10.9 Å². The van der Waals surface area contributed by atoms with Crippen LogP contribution in [0.1, 0.15) is 48.2 Å². The van der Waals surface area contributed by atoms with Crippen molar-refractivity contribution in [3.63, 3.8) is 0 Å². The number of aryl methyl sites for hydroxylation is 1. The summed E-state index contributed by atoms with van der Waals surface area (Å²) in [5.74, 6) is 0.305. The Hall–Kier alpha value is -2.37. The maximum Gasteiger partial charge on any atom is 0.140 e. The van der Waals surface area contributed by atoms with Gasteiger partial charge in [-0.25, -0.2) is 0 Å². The van der Waals surface area contributed by atoms with Crippen LogP contribution in [0.2, 0.25) is 0 Å². The molecular weight excluding hydrogens is 350 g/mol. The Bertz CT molecular complexity index is 1040. The molecule has 0 spiro atoms. The van der Waals surface area contributed by atoms with Gasteiger partial charge in [0.15, 0.2) is 0 Å². The molecule has 5 nitrogen and oxygen atoms in total. The summed E-state index contributed by atoms with van der Waals surface area (Å²) in [4.78, 5) is 6.65. The average Bonchev–Trinajstić information content (AvgIpc) is 3.25. The van der Waals surface area contributed by atoms with Gasteiger partial charge in [0.1, 0.15) is 11.4 Å². The standard InChI is InChI=1S/C23H27N3O2/c1-15-12-17-21-18-4-3-10-25(18)11-7-19(21)26(22(17)20(27)13-15)14-23(2,28)16-5-8-24-9-6-16/h5-6,8-9,12-13,18,27-28H,3-4,7,10-11,14H2,1-2H3. The van der Waals surface area contributed by atoms with E-state index in [1.54, 1.807) is 12.4 Å². The molecular formula is C23H27N3O2. The highest BCUT2D eigenvalue weighted by Gasteiger charge is 2.37. The second-order valence-corrected chi connectivity index (χ2v) is 8.58. The Labute approximate surface area is 165 Å². The lowest BCUT2D eigenvalue weighted by Gasteiger charge is -2.32. The van der Waals surface area contributed by atoms with Crippen LogP contribution in [0, 0.1) is 6.92 Å². The zero-order valence-electron chi connectivity index (χ0n) is 16.5. The molecule has 0 amide bonds. The smallest absolute Gasteiger partial charge is 0.140 e. The first-order chi connectivity index (χ1) is 13.5. The van der Waals surface area contributed by atoms with E-state index >= 15 is 0 Å². The molecule has 2 unspecified atom stereocenters. The second-order valence-electron chi connectivity index (χ2n) is 8.58. The van der Waals surface area contributed by atoms with Crippen LogP contribution in [-0.4, -0.2) is 37.8 Å². The van der Waals surface area contributed by atoms with Crippen molar-refractivity contribution in [1.29, 1.82) is 0 Å². The van der Waals surface area contributed by atoms with Gasteiger partial charge in [0.25, 0.3) is 0 Å². The molecule has 146 valence electrons. The van der Waals surface area contributed by atoms with E-state index in [1.807, 2.05) is 32.0 Å². The number of hydrogen-bond acceptors (Lipinski definition) is 4. The van der Waals surface area contributed by atoms with Crippen molar-refractivity contribution < 1.29 is 10.2 Å². The summed E-state index contributed by atoms with van der Waals surface area (Å²) < 4.78 is 2.18. The number of phenols is 1. The zero-order valence-corrected chi connectivity index (χ0v) is 16.5. The number of aliphatic hydroxyl groups is 1. The Morgan fingerprint density at radius 3 is 2.79 bits per heavy atom. The van der Waals surface area contributed by atoms with Crippen molar-refractivity contribution in [3.8, 4) is 5.75 Å². The van der Waals surface area contributed by atoms with E-state index in [2.05, 4.69) is 20.5 Å². The number of nitrogens with zero attached hydrogens (tertiary/aromatic N) is 3. The number of aromatic nitrogens is 2. The van der Waals surface area contributed by atoms with Gasteiger partial charge < -0.3 is 14.8 Å². The monoisotopic (exact) mass is 377 g/mol. The van der Waals surface area contributed by atoms with E-state index < -0.39 is 5.60 Å². The number of benzene rings is 1. The third-order valence-electron chi connectivity index (χ3n) is 6.53. The SMILES string of the molecule is Cc1cc(O)c2c(c1)c1c(n2CC(C)(O)c2ccncc2)CCN2CCCC12. The van der Waals surface area contributed by atoms with Crippen LogP contribution in [0.5, 0.6) is 5.75 Å². The molecule has 28 heavy (non-hydrogen) atoms. The predicted molar refractivity (Wildman–Crippen MR) is 109 cm³/mol. The number of aromatic hydroxyl groups is 1. The average molecular weight is 377 g/mol. The minimum absolute atomic E-state index is 0.305. The molecule has 3 aromatic rings. The van der Waals surface area contributed by atoms with Gasteiger partial charge in [-0.1, -0.05) is 0 Å². The van der Waals surface area contributed by atoms with Gasteiger partial charge in [0.05, 0.1) is 12.1 Å². The van der Waals surface area contributed by atoms with Gasteiger partial charge in [0.2, 0.25) is 0 Å². The topological polar surface area (TPSA) is 61.5 Å². The molecule has 1 saturated heterocycles. The molecule has 0 saturated carbocycles. The summed E-state index contributed by atoms with van der Waals surface area (Å²) in [5.41, 5.74) is 4.35. The largest absolute Gasteiger partial charge is 0.506 e. The van der Waals surface area contributed by atoms with Crippen LogP contribution in [0.4, 0.5) is 0 Å². The van der Waals surface area contributed by atoms with E-state index in [-0.39, 0.29) is 0 Å². The molecule has 5 rings (SSSR count). The normalized spacial score (nSPS) is 21.5. The minimum Gasteiger partial charge on any atom is -0.506 e. The van der Waals surface area contributed by atoms with Gasteiger partial charge in [-0.05, 0) is 74.2 Å². The number of hydrogen-bond donors (Lipinski definition) is 2. The van der Waals surface area contributed by atoms with E-state index in [0.29, 0.717) is 18.3 Å². The molecule has 1 fully saturated rings. The van der Waals surface area contributed by atoms with E-state index in [1.165, 1.54) is 24.1 Å². The fraction of sp³-hybridized carbons (Fsp3) is 0.435. The van der Waals surface area contributed by atoms with Gasteiger partial charge in [-0.2, -0.15) is 0 Å². The lowest BCUT2D eigenvalue weighted by atomic mass is 9.94. The molecule has 1 aromatic carbocycles. The summed E-state index contributed by atoms with van der Waals surface area (Å²) >= 11 is 0. The van der Waals surface area contributed by atoms with Crippen molar-refractivity contribution >= 4 is 10.9 Å². The summed E-state index contributed by atoms with van der Waals surface area (Å²) in [5, 5.41) is 23.3. The summed E-state index contributed by atoms with van der Waals surface area (Å²) in [6, 6.07) is 8.19. The van der Waals surface area contributed by atoms with Crippen molar-refractivity contribution in [2.24, 2.45) is 0 Å². The first-order valence-electron chi connectivity index (χ1n) is 10.2. The van der Waals surface area contributed by atoms with Crippen molar-refractivity contribution in [2.75, 3.05) is 13.1 Å². The van der Waals surface area contributed by atoms with Gasteiger partial charge in [0, 0.05) is 42.5 Å². The van der Waals surface area contributed by atoms with Crippen LogP contribution >= 0.6 is 0 Å². The predicted octanol–water partition coefficient (Wildman–Crippen LogP) is 3.65. The molecule has 4 heterocycles. The molecule has 2 aromatic heterocycles. The first kappa shape index (κ1) is 17.7. The summed E-state index contributed by atoms with van der Waals surface area (Å²) in [7, 11) is 0. The number of pyridine rings is 1. The lowest BCUT2D eigenvalue weighted by Crippen LogP contribution is -2.33. The quantitative estimate of drug-likeness (QED) is 0.731. The lowest BCUT2D eigenvalue weighted by molar-refractivity contribution is 0.0382. The Kier molecular flexibility index (Phi) is 4.00. The van der Waals surface area contributed by atoms with Crippen molar-refractivity contribution in [3.05, 3.63) is 59.0 Å². The molecule has 0 bridgehead atoms. The summed E-state index contributed by atoms with van der Waals surface area (Å²) in [6.45, 7) is 6.49. The highest BCUT2D eigenvalue weighted by Crippen LogP contribution is 2.46. The Morgan fingerprint density at radius 1 is 1.21 bits per heavy atom. The van der Waals surface area contributed by atoms with Crippen LogP contribution < -0.4 is 0 Å². The Balaban J connectivity index is 1.71. The fourth-order valence-corrected chi connectivity index (χ4v) is 5.28. The maximum atomic E-state index is 11.3. The molecule has 5 heteroatoms. The minimum atomic E-state index is -1.05. The first-order valence-corrected chi connectivity index (χ1v) is 10.2. The van der Waals surface area contributed by atoms with Crippen LogP contribution in [0.3, 0.4) is 0 Å². The number of rotatable bonds is 3. The molecule has 2 N–H and O–H groups in total. The van der Waals surface area contributed by atoms with Gasteiger partial charge in [-0.3, -0.25) is 9.88 Å². The number of phenolic OH excluding ortho intramolecular Hbond substituents is 1. The van der Waals surface area contributed by atoms with E-state index in [9.17, 15) is 10.2 Å². The molecule has 2 aliphatic rings. The van der Waals surface area contributed by atoms with Gasteiger partial charge in [-0.15, -0.1) is 0 Å². The van der Waals surface area contributed by atoms with E-state index in [4.69, 9.17) is 0 Å². The van der Waals surface area contributed by atoms with Crippen molar-refractivity contribution in [1.82, 2.24) is 14.5 Å². The molecule has 2 atom stereocenters. The van der Waals surface area contributed by atoms with Gasteiger partial charge >= 0.3 is 0 Å².